The molecule has 0 fully saturated rings. The fourth-order valence-electron chi connectivity index (χ4n) is 3.60. The van der Waals surface area contributed by atoms with E-state index < -0.39 is 17.6 Å². The van der Waals surface area contributed by atoms with E-state index in [0.29, 0.717) is 34.9 Å². The van der Waals surface area contributed by atoms with Crippen LogP contribution >= 0.6 is 11.6 Å². The van der Waals surface area contributed by atoms with Crippen LogP contribution < -0.4 is 0 Å². The minimum absolute atomic E-state index is 0.251. The third-order valence-corrected chi connectivity index (χ3v) is 5.37. The molecule has 0 saturated heterocycles. The molecule has 0 aliphatic carbocycles. The van der Waals surface area contributed by atoms with Crippen molar-refractivity contribution >= 4 is 23.0 Å². The maximum atomic E-state index is 14.1. The van der Waals surface area contributed by atoms with E-state index in [0.717, 1.165) is 5.69 Å². The van der Waals surface area contributed by atoms with Gasteiger partial charge in [0.15, 0.2) is 5.67 Å². The maximum absolute atomic E-state index is 14.1. The molecule has 0 saturated carbocycles. The van der Waals surface area contributed by atoms with Crippen molar-refractivity contribution in [2.45, 2.75) is 32.0 Å². The fraction of sp³-hybridized carbons (Fsp3) is 0.316. The maximum Gasteiger partial charge on any atom is 0.312 e. The van der Waals surface area contributed by atoms with Gasteiger partial charge in [-0.25, -0.2) is 13.9 Å². The molecule has 30 heavy (non-hydrogen) atoms. The number of aromatic amines is 1. The summed E-state index contributed by atoms with van der Waals surface area (Å²) in [5.41, 5.74) is 1.06. The van der Waals surface area contributed by atoms with Gasteiger partial charge >= 0.3 is 11.8 Å². The van der Waals surface area contributed by atoms with Crippen molar-refractivity contribution in [3.05, 3.63) is 64.6 Å². The summed E-state index contributed by atoms with van der Waals surface area (Å²) < 4.78 is 21.1. The lowest BCUT2D eigenvalue weighted by Gasteiger charge is -2.32. The van der Waals surface area contributed by atoms with Crippen LogP contribution in [0, 0.1) is 0 Å². The number of alkyl halides is 1. The summed E-state index contributed by atoms with van der Waals surface area (Å²) in [5, 5.41) is 12.6. The summed E-state index contributed by atoms with van der Waals surface area (Å²) in [6.45, 7) is 2.95. The number of amides is 1. The molecule has 154 valence electrons. The van der Waals surface area contributed by atoms with E-state index in [1.165, 1.54) is 13.8 Å². The van der Waals surface area contributed by atoms with Gasteiger partial charge in [0.05, 0.1) is 28.3 Å². The SMILES string of the molecule is CC(C)(F)c1nnc(C(=O)N2CCc3[nH]cnc3C2c2cc3c(Cl)cccn3n2)o1. The number of fused-ring (bicyclic) bond motifs is 2. The number of hydrogen-bond donors (Lipinski definition) is 1. The minimum Gasteiger partial charge on any atom is -0.413 e. The first-order chi connectivity index (χ1) is 14.3. The smallest absolute Gasteiger partial charge is 0.312 e. The average molecular weight is 430 g/mol. The molecule has 1 unspecified atom stereocenters. The molecule has 1 N–H and O–H groups in total. The molecule has 1 aliphatic heterocycles. The first-order valence-corrected chi connectivity index (χ1v) is 9.70. The molecule has 1 atom stereocenters. The van der Waals surface area contributed by atoms with Gasteiger partial charge in [-0.3, -0.25) is 4.79 Å². The largest absolute Gasteiger partial charge is 0.413 e. The van der Waals surface area contributed by atoms with Gasteiger partial charge in [0.2, 0.25) is 0 Å². The zero-order valence-electron chi connectivity index (χ0n) is 16.1. The first-order valence-electron chi connectivity index (χ1n) is 9.33. The highest BCUT2D eigenvalue weighted by Gasteiger charge is 2.39. The number of rotatable bonds is 3. The zero-order valence-corrected chi connectivity index (χ0v) is 16.9. The van der Waals surface area contributed by atoms with Crippen LogP contribution in [0.4, 0.5) is 4.39 Å². The van der Waals surface area contributed by atoms with Crippen LogP contribution in [0.2, 0.25) is 5.02 Å². The predicted molar refractivity (Wildman–Crippen MR) is 104 cm³/mol. The molecule has 0 aromatic carbocycles. The van der Waals surface area contributed by atoms with Crippen molar-refractivity contribution in [2.75, 3.05) is 6.54 Å². The van der Waals surface area contributed by atoms with E-state index in [1.807, 2.05) is 6.07 Å². The Bertz CT molecular complexity index is 1260. The van der Waals surface area contributed by atoms with Crippen molar-refractivity contribution < 1.29 is 13.6 Å². The third kappa shape index (κ3) is 2.95. The highest BCUT2D eigenvalue weighted by molar-refractivity contribution is 6.33. The molecule has 4 aromatic heterocycles. The molecule has 5 rings (SSSR count). The number of nitrogens with one attached hydrogen (secondary N) is 1. The summed E-state index contributed by atoms with van der Waals surface area (Å²) in [6.07, 6.45) is 3.94. The monoisotopic (exact) mass is 429 g/mol. The van der Waals surface area contributed by atoms with Crippen LogP contribution in [0.1, 0.15) is 53.5 Å². The number of aromatic nitrogens is 6. The van der Waals surface area contributed by atoms with E-state index in [-0.39, 0.29) is 11.8 Å². The minimum atomic E-state index is -1.85. The fourth-order valence-corrected chi connectivity index (χ4v) is 3.82. The molecule has 1 aliphatic rings. The summed E-state index contributed by atoms with van der Waals surface area (Å²) in [7, 11) is 0. The molecule has 5 heterocycles. The second-order valence-electron chi connectivity index (χ2n) is 7.56. The number of H-pyrrole nitrogens is 1. The van der Waals surface area contributed by atoms with E-state index in [2.05, 4.69) is 25.3 Å². The van der Waals surface area contributed by atoms with Crippen molar-refractivity contribution in [3.8, 4) is 0 Å². The average Bonchev–Trinajstić information content (AvgIpc) is 3.44. The summed E-state index contributed by atoms with van der Waals surface area (Å²) >= 11 is 6.30. The molecular formula is C19H17ClFN7O2. The van der Waals surface area contributed by atoms with Crippen molar-refractivity contribution in [2.24, 2.45) is 0 Å². The van der Waals surface area contributed by atoms with Gasteiger partial charge in [-0.2, -0.15) is 5.10 Å². The van der Waals surface area contributed by atoms with Gasteiger partial charge in [-0.1, -0.05) is 11.6 Å². The van der Waals surface area contributed by atoms with Gasteiger partial charge in [0.1, 0.15) is 6.04 Å². The summed E-state index contributed by atoms with van der Waals surface area (Å²) in [6, 6.07) is 4.79. The number of carbonyl (C=O) groups excluding carboxylic acids is 1. The molecule has 0 bridgehead atoms. The first kappa shape index (κ1) is 18.7. The lowest BCUT2D eigenvalue weighted by atomic mass is 9.99. The lowest BCUT2D eigenvalue weighted by Crippen LogP contribution is -2.41. The van der Waals surface area contributed by atoms with E-state index >= 15 is 0 Å². The predicted octanol–water partition coefficient (Wildman–Crippen LogP) is 3.09. The standard InChI is InChI=1S/C19H17ClFN7O2/c1-19(2,21)18-25-24-16(30-18)17(29)27-7-5-11-14(23-9-22-11)15(27)12-8-13-10(20)4-3-6-28(13)26-12/h3-4,6,8-9,15H,5,7H2,1-2H3,(H,22,23). The van der Waals surface area contributed by atoms with E-state index in [9.17, 15) is 9.18 Å². The molecule has 1 amide bonds. The normalized spacial score (nSPS) is 16.8. The Morgan fingerprint density at radius 1 is 1.40 bits per heavy atom. The van der Waals surface area contributed by atoms with Crippen LogP contribution in [-0.4, -0.2) is 47.1 Å². The van der Waals surface area contributed by atoms with Gasteiger partial charge < -0.3 is 14.3 Å². The third-order valence-electron chi connectivity index (χ3n) is 5.05. The molecule has 0 radical (unpaired) electrons. The number of nitrogens with zero attached hydrogens (tertiary/aromatic N) is 6. The highest BCUT2D eigenvalue weighted by Crippen LogP contribution is 2.35. The number of halogens is 2. The molecule has 0 spiro atoms. The number of pyridine rings is 1. The Morgan fingerprint density at radius 3 is 2.97 bits per heavy atom. The number of hydrogen-bond acceptors (Lipinski definition) is 6. The Balaban J connectivity index is 1.59. The highest BCUT2D eigenvalue weighted by atomic mass is 35.5. The van der Waals surface area contributed by atoms with Crippen LogP contribution in [0.3, 0.4) is 0 Å². The molecule has 9 nitrogen and oxygen atoms in total. The van der Waals surface area contributed by atoms with Crippen molar-refractivity contribution in [1.82, 2.24) is 34.7 Å². The van der Waals surface area contributed by atoms with Crippen LogP contribution in [-0.2, 0) is 12.1 Å². The Labute approximate surface area is 174 Å². The molecular weight excluding hydrogens is 413 g/mol. The van der Waals surface area contributed by atoms with Crippen LogP contribution in [0.15, 0.2) is 35.1 Å². The Kier molecular flexibility index (Phi) is 4.14. The quantitative estimate of drug-likeness (QED) is 0.536. The Morgan fingerprint density at radius 2 is 2.23 bits per heavy atom. The second kappa shape index (κ2) is 6.63. The second-order valence-corrected chi connectivity index (χ2v) is 7.96. The lowest BCUT2D eigenvalue weighted by molar-refractivity contribution is 0.0636. The van der Waals surface area contributed by atoms with Crippen molar-refractivity contribution in [1.29, 1.82) is 0 Å². The summed E-state index contributed by atoms with van der Waals surface area (Å²) in [5.74, 6) is -1.04. The number of imidazole rings is 1. The van der Waals surface area contributed by atoms with Gasteiger partial charge in [-0.15, -0.1) is 10.2 Å². The van der Waals surface area contributed by atoms with E-state index in [1.54, 1.807) is 34.1 Å². The zero-order chi connectivity index (χ0) is 21.0. The Hall–Kier alpha value is -3.27. The molecule has 4 aromatic rings. The van der Waals surface area contributed by atoms with E-state index in [4.69, 9.17) is 16.0 Å². The van der Waals surface area contributed by atoms with Gasteiger partial charge in [0, 0.05) is 24.9 Å². The summed E-state index contributed by atoms with van der Waals surface area (Å²) in [4.78, 5) is 22.3. The van der Waals surface area contributed by atoms with Gasteiger partial charge in [0.25, 0.3) is 5.89 Å². The van der Waals surface area contributed by atoms with Crippen molar-refractivity contribution in [3.63, 3.8) is 0 Å². The van der Waals surface area contributed by atoms with Gasteiger partial charge in [-0.05, 0) is 32.0 Å². The molecule has 11 heteroatoms. The van der Waals surface area contributed by atoms with Crippen LogP contribution in [0.5, 0.6) is 0 Å². The van der Waals surface area contributed by atoms with Crippen LogP contribution in [0.25, 0.3) is 5.52 Å². The topological polar surface area (TPSA) is 105 Å². The number of carbonyl (C=O) groups is 1.